The average molecular weight is 395 g/mol. The van der Waals surface area contributed by atoms with Crippen molar-refractivity contribution in [3.8, 4) is 0 Å². The van der Waals surface area contributed by atoms with Gasteiger partial charge in [0, 0.05) is 18.1 Å². The van der Waals surface area contributed by atoms with E-state index in [0.717, 1.165) is 22.2 Å². The third-order valence-corrected chi connectivity index (χ3v) is 4.69. The van der Waals surface area contributed by atoms with Crippen molar-refractivity contribution in [2.75, 3.05) is 26.3 Å². The van der Waals surface area contributed by atoms with Crippen LogP contribution in [0, 0.1) is 0 Å². The first-order valence-corrected chi connectivity index (χ1v) is 8.98. The summed E-state index contributed by atoms with van der Waals surface area (Å²) in [4.78, 5) is 37.7. The smallest absolute Gasteiger partial charge is 0.293 e. The van der Waals surface area contributed by atoms with Crippen molar-refractivity contribution in [3.05, 3.63) is 51.8 Å². The van der Waals surface area contributed by atoms with E-state index in [1.165, 1.54) is 6.26 Å². The summed E-state index contributed by atoms with van der Waals surface area (Å²) < 4.78 is 10.2. The van der Waals surface area contributed by atoms with E-state index in [1.54, 1.807) is 30.3 Å². The minimum absolute atomic E-state index is 0.0719. The summed E-state index contributed by atoms with van der Waals surface area (Å²) in [6.45, 7) is 0.889. The van der Waals surface area contributed by atoms with Crippen LogP contribution in [0.1, 0.15) is 5.56 Å². The predicted molar refractivity (Wildman–Crippen MR) is 97.1 cm³/mol. The number of carbonyl (C=O) groups is 3. The second-order valence-corrected chi connectivity index (χ2v) is 6.77. The van der Waals surface area contributed by atoms with Crippen LogP contribution in [0.25, 0.3) is 6.08 Å². The van der Waals surface area contributed by atoms with E-state index in [1.807, 2.05) is 0 Å². The Morgan fingerprint density at radius 2 is 2.04 bits per heavy atom. The average Bonchev–Trinajstić information content (AvgIpc) is 2.91. The number of amides is 3. The number of hydrogen-bond donors (Lipinski definition) is 1. The van der Waals surface area contributed by atoms with Gasteiger partial charge in [0.15, 0.2) is 0 Å². The van der Waals surface area contributed by atoms with Gasteiger partial charge in [-0.2, -0.15) is 0 Å². The minimum atomic E-state index is -0.451. The third-order valence-electron chi connectivity index (χ3n) is 3.54. The fourth-order valence-electron chi connectivity index (χ4n) is 2.26. The number of nitrogens with one attached hydrogen (secondary N) is 1. The normalized spacial score (nSPS) is 18.4. The molecule has 26 heavy (non-hydrogen) atoms. The highest BCUT2D eigenvalue weighted by atomic mass is 35.5. The van der Waals surface area contributed by atoms with Crippen molar-refractivity contribution >= 4 is 46.5 Å². The van der Waals surface area contributed by atoms with Crippen molar-refractivity contribution in [2.24, 2.45) is 0 Å². The summed E-state index contributed by atoms with van der Waals surface area (Å²) in [6, 6.07) is 6.94. The van der Waals surface area contributed by atoms with Crippen LogP contribution in [-0.4, -0.2) is 48.3 Å². The summed E-state index contributed by atoms with van der Waals surface area (Å²) in [7, 11) is 0. The van der Waals surface area contributed by atoms with Crippen LogP contribution in [0.2, 0.25) is 5.02 Å². The lowest BCUT2D eigenvalue weighted by atomic mass is 10.2. The number of thioether (sulfide) groups is 1. The van der Waals surface area contributed by atoms with E-state index in [4.69, 9.17) is 21.1 Å². The molecule has 1 N–H and O–H groups in total. The largest absolute Gasteiger partial charge is 0.494 e. The number of benzene rings is 1. The monoisotopic (exact) mass is 394 g/mol. The molecule has 2 aliphatic rings. The molecule has 2 aliphatic heterocycles. The van der Waals surface area contributed by atoms with E-state index in [2.05, 4.69) is 5.32 Å². The zero-order valence-corrected chi connectivity index (χ0v) is 15.1. The molecule has 1 saturated heterocycles. The standard InChI is InChI=1S/C17H15ClN2O5S/c18-12-3-1-11(2-4-12)9-14-16(22)20(17(23)26-14)6-5-19-15(21)13-10-24-7-8-25-13/h1-4,9-10H,5-8H2,(H,19,21)/b14-9-. The maximum Gasteiger partial charge on any atom is 0.293 e. The quantitative estimate of drug-likeness (QED) is 0.772. The molecule has 0 unspecified atom stereocenters. The molecular weight excluding hydrogens is 380 g/mol. The summed E-state index contributed by atoms with van der Waals surface area (Å²) in [5.74, 6) is -0.762. The van der Waals surface area contributed by atoms with E-state index in [-0.39, 0.29) is 30.0 Å². The molecule has 0 bridgehead atoms. The Hall–Kier alpha value is -2.45. The van der Waals surface area contributed by atoms with Gasteiger partial charge in [-0.15, -0.1) is 0 Å². The van der Waals surface area contributed by atoms with Crippen LogP contribution in [-0.2, 0) is 19.1 Å². The fraction of sp³-hybridized carbons (Fsp3) is 0.235. The van der Waals surface area contributed by atoms with Crippen LogP contribution < -0.4 is 5.32 Å². The molecule has 2 heterocycles. The molecule has 7 nitrogen and oxygen atoms in total. The molecule has 9 heteroatoms. The number of hydrogen-bond acceptors (Lipinski definition) is 6. The second-order valence-electron chi connectivity index (χ2n) is 5.34. The molecule has 3 amide bonds. The summed E-state index contributed by atoms with van der Waals surface area (Å²) in [6.07, 6.45) is 2.88. The van der Waals surface area contributed by atoms with Crippen molar-refractivity contribution in [1.82, 2.24) is 10.2 Å². The molecule has 0 aliphatic carbocycles. The van der Waals surface area contributed by atoms with Gasteiger partial charge < -0.3 is 14.8 Å². The highest BCUT2D eigenvalue weighted by molar-refractivity contribution is 8.18. The van der Waals surface area contributed by atoms with Gasteiger partial charge in [0.05, 0.1) is 4.91 Å². The molecule has 1 aromatic carbocycles. The van der Waals surface area contributed by atoms with Crippen molar-refractivity contribution in [1.29, 1.82) is 0 Å². The molecule has 0 atom stereocenters. The van der Waals surface area contributed by atoms with Gasteiger partial charge >= 0.3 is 0 Å². The zero-order valence-electron chi connectivity index (χ0n) is 13.6. The van der Waals surface area contributed by atoms with E-state index in [9.17, 15) is 14.4 Å². The maximum atomic E-state index is 12.4. The SMILES string of the molecule is O=C(NCCN1C(=O)S/C(=C\c2ccc(Cl)cc2)C1=O)C1=COCCO1. The molecule has 0 spiro atoms. The molecule has 3 rings (SSSR count). The Labute approximate surface area is 159 Å². The fourth-order valence-corrected chi connectivity index (χ4v) is 3.25. The first-order valence-electron chi connectivity index (χ1n) is 7.78. The van der Waals surface area contributed by atoms with Crippen molar-refractivity contribution < 1.29 is 23.9 Å². The number of imide groups is 1. The third kappa shape index (κ3) is 4.39. The molecule has 0 radical (unpaired) electrons. The minimum Gasteiger partial charge on any atom is -0.494 e. The topological polar surface area (TPSA) is 84.9 Å². The molecule has 136 valence electrons. The maximum absolute atomic E-state index is 12.4. The summed E-state index contributed by atoms with van der Waals surface area (Å²) >= 11 is 6.70. The molecule has 0 saturated carbocycles. The van der Waals surface area contributed by atoms with Gasteiger partial charge in [-0.3, -0.25) is 19.3 Å². The summed E-state index contributed by atoms with van der Waals surface area (Å²) in [5, 5.41) is 2.81. The van der Waals surface area contributed by atoms with E-state index in [0.29, 0.717) is 23.1 Å². The van der Waals surface area contributed by atoms with E-state index >= 15 is 0 Å². The predicted octanol–water partition coefficient (Wildman–Crippen LogP) is 2.38. The van der Waals surface area contributed by atoms with Gasteiger partial charge in [-0.1, -0.05) is 23.7 Å². The van der Waals surface area contributed by atoms with Crippen molar-refractivity contribution in [3.63, 3.8) is 0 Å². The molecular formula is C17H15ClN2O5S. The molecule has 1 aromatic rings. The number of halogens is 1. The Morgan fingerprint density at radius 3 is 2.73 bits per heavy atom. The van der Waals surface area contributed by atoms with Gasteiger partial charge in [0.2, 0.25) is 5.76 Å². The van der Waals surface area contributed by atoms with Gasteiger partial charge in [-0.25, -0.2) is 0 Å². The molecule has 1 fully saturated rings. The second kappa shape index (κ2) is 8.29. The first kappa shape index (κ1) is 18.3. The van der Waals surface area contributed by atoms with Crippen LogP contribution in [0.15, 0.2) is 41.2 Å². The Kier molecular flexibility index (Phi) is 5.85. The number of carbonyl (C=O) groups excluding carboxylic acids is 3. The number of rotatable bonds is 5. The van der Waals surface area contributed by atoms with Crippen LogP contribution in [0.3, 0.4) is 0 Å². The van der Waals surface area contributed by atoms with Gasteiger partial charge in [-0.05, 0) is 35.5 Å². The summed E-state index contributed by atoms with van der Waals surface area (Å²) in [5.41, 5.74) is 0.773. The Bertz CT molecular complexity index is 791. The lowest BCUT2D eigenvalue weighted by Crippen LogP contribution is -2.38. The Balaban J connectivity index is 1.56. The van der Waals surface area contributed by atoms with Crippen LogP contribution >= 0.6 is 23.4 Å². The Morgan fingerprint density at radius 1 is 1.27 bits per heavy atom. The van der Waals surface area contributed by atoms with Crippen LogP contribution in [0.5, 0.6) is 0 Å². The zero-order chi connectivity index (χ0) is 18.5. The van der Waals surface area contributed by atoms with E-state index < -0.39 is 5.91 Å². The molecule has 0 aromatic heterocycles. The van der Waals surface area contributed by atoms with Gasteiger partial charge in [0.1, 0.15) is 19.5 Å². The van der Waals surface area contributed by atoms with Crippen LogP contribution in [0.4, 0.5) is 4.79 Å². The number of nitrogens with zero attached hydrogens (tertiary/aromatic N) is 1. The number of ether oxygens (including phenoxy) is 2. The van der Waals surface area contributed by atoms with Gasteiger partial charge in [0.25, 0.3) is 17.1 Å². The lowest BCUT2D eigenvalue weighted by Gasteiger charge is -2.16. The lowest BCUT2D eigenvalue weighted by molar-refractivity contribution is -0.124. The highest BCUT2D eigenvalue weighted by Crippen LogP contribution is 2.32. The highest BCUT2D eigenvalue weighted by Gasteiger charge is 2.34. The van der Waals surface area contributed by atoms with Crippen molar-refractivity contribution in [2.45, 2.75) is 0 Å². The first-order chi connectivity index (χ1) is 12.5.